The first-order chi connectivity index (χ1) is 13.1. The molecule has 27 heavy (non-hydrogen) atoms. The van der Waals surface area contributed by atoms with Crippen LogP contribution in [-0.4, -0.2) is 72.7 Å². The second kappa shape index (κ2) is 8.88. The lowest BCUT2D eigenvalue weighted by Gasteiger charge is -2.30. The SMILES string of the molecule is CC(=NCCN1CCOCC1)C1C(=O)NC(=O)N(Cc2ccccc2)C1=O. The molecule has 2 heterocycles. The van der Waals surface area contributed by atoms with Gasteiger partial charge in [0.15, 0.2) is 5.92 Å². The van der Waals surface area contributed by atoms with Crippen LogP contribution in [0, 0.1) is 5.92 Å². The summed E-state index contributed by atoms with van der Waals surface area (Å²) in [6.07, 6.45) is 0. The van der Waals surface area contributed by atoms with Crippen LogP contribution in [0.3, 0.4) is 0 Å². The third-order valence-corrected chi connectivity index (χ3v) is 4.73. The maximum absolute atomic E-state index is 12.8. The summed E-state index contributed by atoms with van der Waals surface area (Å²) >= 11 is 0. The predicted molar refractivity (Wildman–Crippen MR) is 99.3 cm³/mol. The van der Waals surface area contributed by atoms with Crippen molar-refractivity contribution in [3.8, 4) is 0 Å². The molecular formula is C19H24N4O4. The standard InChI is InChI=1S/C19H24N4O4/c1-14(20-7-8-22-9-11-27-12-10-22)16-17(24)21-19(26)23(18(16)25)13-15-5-3-2-4-6-15/h2-6,16H,7-13H2,1H3,(H,21,24,26). The predicted octanol–water partition coefficient (Wildman–Crippen LogP) is 0.674. The van der Waals surface area contributed by atoms with E-state index >= 15 is 0 Å². The van der Waals surface area contributed by atoms with Gasteiger partial charge in [-0.1, -0.05) is 30.3 Å². The maximum Gasteiger partial charge on any atom is 0.331 e. The number of hydrogen-bond acceptors (Lipinski definition) is 6. The van der Waals surface area contributed by atoms with Crippen molar-refractivity contribution in [2.45, 2.75) is 13.5 Å². The van der Waals surface area contributed by atoms with E-state index in [1.807, 2.05) is 30.3 Å². The summed E-state index contributed by atoms with van der Waals surface area (Å²) < 4.78 is 5.31. The van der Waals surface area contributed by atoms with Crippen molar-refractivity contribution in [2.24, 2.45) is 10.9 Å². The number of imide groups is 2. The Morgan fingerprint density at radius 1 is 1.19 bits per heavy atom. The molecule has 4 amide bonds. The van der Waals surface area contributed by atoms with E-state index in [1.165, 1.54) is 0 Å². The van der Waals surface area contributed by atoms with Crippen molar-refractivity contribution >= 4 is 23.6 Å². The fourth-order valence-corrected chi connectivity index (χ4v) is 3.18. The van der Waals surface area contributed by atoms with Crippen molar-refractivity contribution < 1.29 is 19.1 Å². The van der Waals surface area contributed by atoms with Crippen LogP contribution in [0.1, 0.15) is 12.5 Å². The minimum atomic E-state index is -1.06. The summed E-state index contributed by atoms with van der Waals surface area (Å²) in [5.41, 5.74) is 1.24. The van der Waals surface area contributed by atoms with E-state index in [2.05, 4.69) is 15.2 Å². The van der Waals surface area contributed by atoms with Crippen LogP contribution < -0.4 is 5.32 Å². The Bertz CT molecular complexity index is 728. The van der Waals surface area contributed by atoms with Gasteiger partial charge in [0, 0.05) is 25.3 Å². The number of carbonyl (C=O) groups excluding carboxylic acids is 3. The Labute approximate surface area is 158 Å². The molecule has 1 aromatic rings. The number of aliphatic imine (C=N–C) groups is 1. The number of carbonyl (C=O) groups is 3. The zero-order valence-electron chi connectivity index (χ0n) is 15.4. The second-order valence-electron chi connectivity index (χ2n) is 6.61. The minimum absolute atomic E-state index is 0.121. The van der Waals surface area contributed by atoms with Crippen LogP contribution in [0.5, 0.6) is 0 Å². The molecule has 0 aromatic heterocycles. The highest BCUT2D eigenvalue weighted by atomic mass is 16.5. The molecule has 0 radical (unpaired) electrons. The van der Waals surface area contributed by atoms with Gasteiger partial charge in [0.2, 0.25) is 11.8 Å². The van der Waals surface area contributed by atoms with E-state index in [1.54, 1.807) is 6.92 Å². The molecule has 1 atom stereocenters. The number of ether oxygens (including phenoxy) is 1. The van der Waals surface area contributed by atoms with Crippen LogP contribution in [-0.2, 0) is 20.9 Å². The zero-order valence-corrected chi connectivity index (χ0v) is 15.4. The summed E-state index contributed by atoms with van der Waals surface area (Å²) in [7, 11) is 0. The molecule has 2 fully saturated rings. The molecule has 2 aliphatic rings. The molecule has 0 spiro atoms. The van der Waals surface area contributed by atoms with Crippen LogP contribution in [0.4, 0.5) is 4.79 Å². The van der Waals surface area contributed by atoms with Crippen LogP contribution in [0.15, 0.2) is 35.3 Å². The van der Waals surface area contributed by atoms with Gasteiger partial charge in [0.05, 0.1) is 26.3 Å². The third-order valence-electron chi connectivity index (χ3n) is 4.73. The summed E-state index contributed by atoms with van der Waals surface area (Å²) in [4.78, 5) is 44.9. The molecule has 8 heteroatoms. The molecule has 2 aliphatic heterocycles. The van der Waals surface area contributed by atoms with Gasteiger partial charge in [-0.2, -0.15) is 0 Å². The number of hydrogen-bond donors (Lipinski definition) is 1. The van der Waals surface area contributed by atoms with Crippen molar-refractivity contribution in [1.82, 2.24) is 15.1 Å². The Morgan fingerprint density at radius 2 is 1.89 bits per heavy atom. The number of morpholine rings is 1. The van der Waals surface area contributed by atoms with E-state index < -0.39 is 23.8 Å². The fourth-order valence-electron chi connectivity index (χ4n) is 3.18. The number of barbiturate groups is 1. The molecule has 0 saturated carbocycles. The number of amides is 4. The van der Waals surface area contributed by atoms with Gasteiger partial charge in [-0.3, -0.25) is 29.7 Å². The van der Waals surface area contributed by atoms with E-state index in [-0.39, 0.29) is 6.54 Å². The smallest absolute Gasteiger partial charge is 0.331 e. The first-order valence-corrected chi connectivity index (χ1v) is 9.07. The molecule has 2 saturated heterocycles. The van der Waals surface area contributed by atoms with E-state index in [4.69, 9.17) is 4.74 Å². The number of benzene rings is 1. The van der Waals surface area contributed by atoms with Gasteiger partial charge in [0.1, 0.15) is 0 Å². The monoisotopic (exact) mass is 372 g/mol. The summed E-state index contributed by atoms with van der Waals surface area (Å²) in [6.45, 7) is 6.17. The van der Waals surface area contributed by atoms with Crippen molar-refractivity contribution in [3.05, 3.63) is 35.9 Å². The molecule has 3 rings (SSSR count). The largest absolute Gasteiger partial charge is 0.379 e. The molecule has 1 unspecified atom stereocenters. The van der Waals surface area contributed by atoms with Gasteiger partial charge in [-0.15, -0.1) is 0 Å². The Balaban J connectivity index is 1.65. The first-order valence-electron chi connectivity index (χ1n) is 9.07. The van der Waals surface area contributed by atoms with Crippen LogP contribution in [0.2, 0.25) is 0 Å². The topological polar surface area (TPSA) is 91.3 Å². The van der Waals surface area contributed by atoms with Gasteiger partial charge < -0.3 is 4.74 Å². The van der Waals surface area contributed by atoms with Crippen LogP contribution >= 0.6 is 0 Å². The highest BCUT2D eigenvalue weighted by Gasteiger charge is 2.41. The molecule has 8 nitrogen and oxygen atoms in total. The summed E-state index contributed by atoms with van der Waals surface area (Å²) in [5, 5.41) is 2.27. The zero-order chi connectivity index (χ0) is 19.2. The maximum atomic E-state index is 12.8. The van der Waals surface area contributed by atoms with Crippen molar-refractivity contribution in [2.75, 3.05) is 39.4 Å². The summed E-state index contributed by atoms with van der Waals surface area (Å²) in [6, 6.07) is 8.50. The first kappa shape index (κ1) is 19.2. The second-order valence-corrected chi connectivity index (χ2v) is 6.61. The number of nitrogens with zero attached hydrogens (tertiary/aromatic N) is 3. The number of rotatable bonds is 6. The Kier molecular flexibility index (Phi) is 6.31. The molecule has 0 bridgehead atoms. The molecule has 1 N–H and O–H groups in total. The highest BCUT2D eigenvalue weighted by Crippen LogP contribution is 2.16. The quantitative estimate of drug-likeness (QED) is 0.586. The lowest BCUT2D eigenvalue weighted by atomic mass is 9.99. The third kappa shape index (κ3) is 4.78. The Hall–Kier alpha value is -2.58. The average Bonchev–Trinajstić information content (AvgIpc) is 2.67. The van der Waals surface area contributed by atoms with Crippen molar-refractivity contribution in [3.63, 3.8) is 0 Å². The minimum Gasteiger partial charge on any atom is -0.379 e. The van der Waals surface area contributed by atoms with Gasteiger partial charge in [0.25, 0.3) is 0 Å². The highest BCUT2D eigenvalue weighted by molar-refractivity contribution is 6.27. The molecule has 0 aliphatic carbocycles. The van der Waals surface area contributed by atoms with E-state index in [0.717, 1.165) is 30.1 Å². The van der Waals surface area contributed by atoms with E-state index in [0.29, 0.717) is 25.5 Å². The van der Waals surface area contributed by atoms with Crippen LogP contribution in [0.25, 0.3) is 0 Å². The van der Waals surface area contributed by atoms with Gasteiger partial charge in [-0.05, 0) is 12.5 Å². The summed E-state index contributed by atoms with van der Waals surface area (Å²) in [5.74, 6) is -2.20. The molecule has 144 valence electrons. The Morgan fingerprint density at radius 3 is 2.59 bits per heavy atom. The van der Waals surface area contributed by atoms with Crippen molar-refractivity contribution in [1.29, 1.82) is 0 Å². The number of urea groups is 1. The molecular weight excluding hydrogens is 348 g/mol. The fraction of sp³-hybridized carbons (Fsp3) is 0.474. The van der Waals surface area contributed by atoms with E-state index in [9.17, 15) is 14.4 Å². The average molecular weight is 372 g/mol. The van der Waals surface area contributed by atoms with Gasteiger partial charge >= 0.3 is 6.03 Å². The van der Waals surface area contributed by atoms with Gasteiger partial charge in [-0.25, -0.2) is 4.79 Å². The lowest BCUT2D eigenvalue weighted by molar-refractivity contribution is -0.139. The normalized spacial score (nSPS) is 22.1. The molecule has 1 aromatic carbocycles. The number of nitrogens with one attached hydrogen (secondary N) is 1. The lowest BCUT2D eigenvalue weighted by Crippen LogP contribution is -2.59.